The fourth-order valence-electron chi connectivity index (χ4n) is 5.68. The minimum atomic E-state index is -1.58. The Balaban J connectivity index is 1.49. The van der Waals surface area contributed by atoms with Crippen LogP contribution in [0.1, 0.15) is 11.1 Å². The number of anilines is 2. The lowest BCUT2D eigenvalue weighted by Crippen LogP contribution is -2.53. The largest absolute Gasteiger partial charge is 0.508 e. The van der Waals surface area contributed by atoms with Gasteiger partial charge in [0.05, 0.1) is 17.5 Å². The van der Waals surface area contributed by atoms with Gasteiger partial charge in [-0.15, -0.1) is 0 Å². The van der Waals surface area contributed by atoms with Crippen molar-refractivity contribution in [2.75, 3.05) is 10.2 Å². The molecule has 3 amide bonds. The number of carbonyl (C=O) groups is 3. The van der Waals surface area contributed by atoms with Gasteiger partial charge in [-0.05, 0) is 66.6 Å². The number of rotatable bonds is 3. The van der Waals surface area contributed by atoms with Crippen LogP contribution in [0.3, 0.4) is 0 Å². The van der Waals surface area contributed by atoms with E-state index in [1.165, 1.54) is 18.2 Å². The summed E-state index contributed by atoms with van der Waals surface area (Å²) in [7, 11) is 0. The SMILES string of the molecule is O=C1[C@H]2C(Cc3ccc(O)cc3)NC3(C(=O)Nc4ccc(F)cc43)[C@H]2C(=O)N1c1ccc(Br)cc1. The number of fused-ring (bicyclic) bond motifs is 4. The molecule has 2 unspecified atom stereocenters. The fourth-order valence-corrected chi connectivity index (χ4v) is 5.94. The molecule has 3 N–H and O–H groups in total. The lowest BCUT2D eigenvalue weighted by atomic mass is 9.76. The van der Waals surface area contributed by atoms with Crippen LogP contribution in [0.4, 0.5) is 15.8 Å². The molecular weight excluding hydrogens is 517 g/mol. The third kappa shape index (κ3) is 3.15. The third-order valence-electron chi connectivity index (χ3n) is 7.15. The summed E-state index contributed by atoms with van der Waals surface area (Å²) in [5.74, 6) is -3.73. The van der Waals surface area contributed by atoms with Gasteiger partial charge in [0, 0.05) is 21.8 Å². The van der Waals surface area contributed by atoms with Crippen LogP contribution in [0.5, 0.6) is 5.75 Å². The molecular formula is C26H19BrFN3O4. The molecule has 0 aromatic heterocycles. The molecule has 0 radical (unpaired) electrons. The van der Waals surface area contributed by atoms with Crippen LogP contribution in [0.15, 0.2) is 71.2 Å². The lowest BCUT2D eigenvalue weighted by Gasteiger charge is -2.29. The van der Waals surface area contributed by atoms with E-state index in [0.29, 0.717) is 23.4 Å². The molecule has 7 nitrogen and oxygen atoms in total. The summed E-state index contributed by atoms with van der Waals surface area (Å²) in [5.41, 5.74) is 0.380. The number of amides is 3. The molecule has 6 rings (SSSR count). The zero-order valence-electron chi connectivity index (χ0n) is 18.2. The van der Waals surface area contributed by atoms with Gasteiger partial charge in [-0.3, -0.25) is 19.7 Å². The van der Waals surface area contributed by atoms with E-state index in [1.807, 2.05) is 0 Å². The maximum Gasteiger partial charge on any atom is 0.250 e. The van der Waals surface area contributed by atoms with E-state index in [1.54, 1.807) is 48.5 Å². The topological polar surface area (TPSA) is 98.7 Å². The summed E-state index contributed by atoms with van der Waals surface area (Å²) in [5, 5.41) is 15.7. The summed E-state index contributed by atoms with van der Waals surface area (Å²) < 4.78 is 15.1. The zero-order valence-corrected chi connectivity index (χ0v) is 19.8. The Labute approximate surface area is 208 Å². The van der Waals surface area contributed by atoms with Gasteiger partial charge in [-0.2, -0.15) is 0 Å². The number of halogens is 2. The van der Waals surface area contributed by atoms with Crippen molar-refractivity contribution in [1.82, 2.24) is 5.32 Å². The fraction of sp³-hybridized carbons (Fsp3) is 0.192. The Hall–Kier alpha value is -3.56. The zero-order chi connectivity index (χ0) is 24.5. The Kier molecular flexibility index (Phi) is 4.84. The molecule has 3 aromatic rings. The first-order valence-electron chi connectivity index (χ1n) is 11.1. The number of imide groups is 1. The standard InChI is InChI=1S/C26H19BrFN3O4/c27-14-3-6-16(7-4-14)31-23(33)21-20(11-13-1-8-17(32)9-2-13)30-26(22(21)24(31)34)18-12-15(28)5-10-19(18)29-25(26)35/h1-10,12,20-22,30,32H,11H2,(H,29,35)/t20?,21-,22+,26?/m0/s1. The molecule has 0 aliphatic carbocycles. The number of nitrogens with one attached hydrogen (secondary N) is 2. The van der Waals surface area contributed by atoms with Crippen LogP contribution in [-0.4, -0.2) is 28.9 Å². The van der Waals surface area contributed by atoms with Gasteiger partial charge < -0.3 is 10.4 Å². The first-order chi connectivity index (χ1) is 16.8. The van der Waals surface area contributed by atoms with Gasteiger partial charge in [0.25, 0.3) is 0 Å². The van der Waals surface area contributed by atoms with E-state index >= 15 is 0 Å². The highest BCUT2D eigenvalue weighted by atomic mass is 79.9. The van der Waals surface area contributed by atoms with E-state index < -0.39 is 47.0 Å². The highest BCUT2D eigenvalue weighted by molar-refractivity contribution is 9.10. The lowest BCUT2D eigenvalue weighted by molar-refractivity contribution is -0.130. The van der Waals surface area contributed by atoms with Crippen molar-refractivity contribution in [2.45, 2.75) is 18.0 Å². The second-order valence-electron chi connectivity index (χ2n) is 9.07. The quantitative estimate of drug-likeness (QED) is 0.446. The highest BCUT2D eigenvalue weighted by Gasteiger charge is 2.70. The maximum absolute atomic E-state index is 14.3. The number of nitrogens with zero attached hydrogens (tertiary/aromatic N) is 1. The molecule has 3 aliphatic heterocycles. The Morgan fingerprint density at radius 2 is 1.69 bits per heavy atom. The molecule has 0 bridgehead atoms. The van der Waals surface area contributed by atoms with Crippen LogP contribution in [-0.2, 0) is 26.3 Å². The van der Waals surface area contributed by atoms with Crippen LogP contribution in [0.2, 0.25) is 0 Å². The predicted octanol–water partition coefficient (Wildman–Crippen LogP) is 3.46. The predicted molar refractivity (Wildman–Crippen MR) is 129 cm³/mol. The number of hydrogen-bond acceptors (Lipinski definition) is 5. The van der Waals surface area contributed by atoms with E-state index in [9.17, 15) is 23.9 Å². The monoisotopic (exact) mass is 535 g/mol. The van der Waals surface area contributed by atoms with Crippen molar-refractivity contribution in [1.29, 1.82) is 0 Å². The second-order valence-corrected chi connectivity index (χ2v) is 9.98. The second kappa shape index (κ2) is 7.73. The molecule has 3 aliphatic rings. The van der Waals surface area contributed by atoms with Crippen molar-refractivity contribution >= 4 is 45.0 Å². The van der Waals surface area contributed by atoms with Crippen molar-refractivity contribution in [3.63, 3.8) is 0 Å². The summed E-state index contributed by atoms with van der Waals surface area (Å²) in [6.45, 7) is 0. The van der Waals surface area contributed by atoms with Crippen LogP contribution < -0.4 is 15.5 Å². The maximum atomic E-state index is 14.3. The van der Waals surface area contributed by atoms with Gasteiger partial charge >= 0.3 is 0 Å². The minimum absolute atomic E-state index is 0.107. The van der Waals surface area contributed by atoms with Crippen molar-refractivity contribution in [2.24, 2.45) is 11.8 Å². The number of phenols is 1. The van der Waals surface area contributed by atoms with Gasteiger partial charge in [0.1, 0.15) is 17.1 Å². The highest BCUT2D eigenvalue weighted by Crippen LogP contribution is 2.54. The first kappa shape index (κ1) is 21.9. The molecule has 1 spiro atoms. The molecule has 9 heteroatoms. The molecule has 35 heavy (non-hydrogen) atoms. The summed E-state index contributed by atoms with van der Waals surface area (Å²) in [6.07, 6.45) is 0.328. The van der Waals surface area contributed by atoms with E-state index in [-0.39, 0.29) is 5.75 Å². The van der Waals surface area contributed by atoms with Gasteiger partial charge in [0.15, 0.2) is 0 Å². The summed E-state index contributed by atoms with van der Waals surface area (Å²) >= 11 is 3.36. The molecule has 3 heterocycles. The smallest absolute Gasteiger partial charge is 0.250 e. The average molecular weight is 536 g/mol. The Morgan fingerprint density at radius 1 is 0.971 bits per heavy atom. The number of carbonyl (C=O) groups excluding carboxylic acids is 3. The molecule has 3 aromatic carbocycles. The van der Waals surface area contributed by atoms with Crippen molar-refractivity contribution < 1.29 is 23.9 Å². The number of hydrogen-bond donors (Lipinski definition) is 3. The van der Waals surface area contributed by atoms with Gasteiger partial charge in [-0.1, -0.05) is 28.1 Å². The summed E-state index contributed by atoms with van der Waals surface area (Å²) in [4.78, 5) is 42.3. The van der Waals surface area contributed by atoms with E-state index in [0.717, 1.165) is 14.9 Å². The average Bonchev–Trinajstić information content (AvgIpc) is 3.41. The number of phenolic OH excluding ortho intramolecular Hbond substituents is 1. The van der Waals surface area contributed by atoms with Crippen molar-refractivity contribution in [3.8, 4) is 5.75 Å². The van der Waals surface area contributed by atoms with Gasteiger partial charge in [-0.25, -0.2) is 9.29 Å². The first-order valence-corrected chi connectivity index (χ1v) is 11.9. The Morgan fingerprint density at radius 3 is 2.40 bits per heavy atom. The van der Waals surface area contributed by atoms with Gasteiger partial charge in [0.2, 0.25) is 17.7 Å². The molecule has 0 saturated carbocycles. The minimum Gasteiger partial charge on any atom is -0.508 e. The van der Waals surface area contributed by atoms with E-state index in [4.69, 9.17) is 0 Å². The molecule has 2 saturated heterocycles. The number of benzene rings is 3. The summed E-state index contributed by atoms with van der Waals surface area (Å²) in [6, 6.07) is 16.7. The Bertz CT molecular complexity index is 1390. The normalized spacial score (nSPS) is 26.9. The van der Waals surface area contributed by atoms with Crippen LogP contribution >= 0.6 is 15.9 Å². The van der Waals surface area contributed by atoms with Crippen LogP contribution in [0.25, 0.3) is 0 Å². The molecule has 2 fully saturated rings. The van der Waals surface area contributed by atoms with Crippen LogP contribution in [0, 0.1) is 17.7 Å². The number of aromatic hydroxyl groups is 1. The van der Waals surface area contributed by atoms with E-state index in [2.05, 4.69) is 26.6 Å². The third-order valence-corrected chi connectivity index (χ3v) is 7.68. The molecule has 4 atom stereocenters. The molecule has 176 valence electrons. The van der Waals surface area contributed by atoms with Crippen molar-refractivity contribution in [3.05, 3.63) is 88.1 Å².